The second kappa shape index (κ2) is 12.0. The molecule has 160 valence electrons. The molecule has 0 saturated carbocycles. The highest BCUT2D eigenvalue weighted by Crippen LogP contribution is 2.23. The Morgan fingerprint density at radius 2 is 1.80 bits per heavy atom. The number of carboxylic acids is 1. The van der Waals surface area contributed by atoms with Gasteiger partial charge in [0.15, 0.2) is 0 Å². The van der Waals surface area contributed by atoms with E-state index in [4.69, 9.17) is 16.3 Å². The molecule has 2 rings (SSSR count). The molecule has 6 nitrogen and oxygen atoms in total. The molecule has 0 heterocycles. The smallest absolute Gasteiger partial charge is 0.305 e. The number of benzene rings is 2. The van der Waals surface area contributed by atoms with E-state index in [2.05, 4.69) is 5.32 Å². The first-order valence-electron chi connectivity index (χ1n) is 9.89. The number of carbonyl (C=O) groups excluding carboxylic acids is 2. The molecule has 30 heavy (non-hydrogen) atoms. The van der Waals surface area contributed by atoms with Crippen LogP contribution < -0.4 is 5.32 Å². The van der Waals surface area contributed by atoms with Crippen molar-refractivity contribution < 1.29 is 24.2 Å². The molecule has 0 aliphatic rings. The minimum atomic E-state index is -0.984. The summed E-state index contributed by atoms with van der Waals surface area (Å²) in [5.74, 6) is -1.60. The summed E-state index contributed by atoms with van der Waals surface area (Å²) in [4.78, 5) is 34.7. The van der Waals surface area contributed by atoms with Crippen LogP contribution in [-0.4, -0.2) is 35.6 Å². The van der Waals surface area contributed by atoms with Gasteiger partial charge in [0.05, 0.1) is 13.0 Å². The molecule has 0 aliphatic heterocycles. The third-order valence-corrected chi connectivity index (χ3v) is 4.71. The van der Waals surface area contributed by atoms with Crippen molar-refractivity contribution in [1.29, 1.82) is 0 Å². The Bertz CT molecular complexity index is 866. The monoisotopic (exact) mass is 431 g/mol. The highest BCUT2D eigenvalue weighted by Gasteiger charge is 2.17. The normalized spacial score (nSPS) is 11.5. The summed E-state index contributed by atoms with van der Waals surface area (Å²) in [6.07, 6.45) is 0.878. The quantitative estimate of drug-likeness (QED) is 0.519. The van der Waals surface area contributed by atoms with Gasteiger partial charge in [0.1, 0.15) is 0 Å². The van der Waals surface area contributed by atoms with E-state index in [-0.39, 0.29) is 31.1 Å². The third-order valence-electron chi connectivity index (χ3n) is 4.47. The summed E-state index contributed by atoms with van der Waals surface area (Å²) in [6, 6.07) is 14.7. The second-order valence-corrected chi connectivity index (χ2v) is 7.37. The van der Waals surface area contributed by atoms with Gasteiger partial charge >= 0.3 is 11.9 Å². The van der Waals surface area contributed by atoms with Crippen LogP contribution in [0.2, 0.25) is 5.02 Å². The van der Waals surface area contributed by atoms with Crippen LogP contribution in [0.25, 0.3) is 11.1 Å². The van der Waals surface area contributed by atoms with Crippen LogP contribution in [0, 0.1) is 0 Å². The van der Waals surface area contributed by atoms with E-state index in [1.54, 1.807) is 6.92 Å². The second-order valence-electron chi connectivity index (χ2n) is 6.93. The number of halogens is 1. The summed E-state index contributed by atoms with van der Waals surface area (Å²) < 4.78 is 4.83. The van der Waals surface area contributed by atoms with E-state index in [1.807, 2.05) is 48.5 Å². The lowest BCUT2D eigenvalue weighted by atomic mass is 9.99. The molecule has 0 spiro atoms. The summed E-state index contributed by atoms with van der Waals surface area (Å²) in [7, 11) is 0. The van der Waals surface area contributed by atoms with Crippen LogP contribution in [-0.2, 0) is 25.5 Å². The molecule has 1 unspecified atom stereocenters. The highest BCUT2D eigenvalue weighted by atomic mass is 35.5. The maximum absolute atomic E-state index is 12.2. The summed E-state index contributed by atoms with van der Waals surface area (Å²) in [5, 5.41) is 12.6. The zero-order valence-corrected chi connectivity index (χ0v) is 17.7. The molecule has 2 aromatic rings. The van der Waals surface area contributed by atoms with Gasteiger partial charge in [-0.15, -0.1) is 0 Å². The first kappa shape index (κ1) is 23.4. The summed E-state index contributed by atoms with van der Waals surface area (Å²) >= 11 is 6.04. The molecule has 2 aromatic carbocycles. The Hall–Kier alpha value is -2.86. The van der Waals surface area contributed by atoms with Crippen LogP contribution in [0.5, 0.6) is 0 Å². The number of esters is 1. The maximum atomic E-state index is 12.2. The number of amides is 1. The van der Waals surface area contributed by atoms with Crippen molar-refractivity contribution in [3.8, 4) is 11.1 Å². The van der Waals surface area contributed by atoms with Gasteiger partial charge in [-0.1, -0.05) is 48.0 Å². The Morgan fingerprint density at radius 3 is 2.43 bits per heavy atom. The Kier molecular flexibility index (Phi) is 9.35. The number of aliphatic carboxylic acids is 1. The van der Waals surface area contributed by atoms with Gasteiger partial charge in [-0.25, -0.2) is 0 Å². The van der Waals surface area contributed by atoms with Crippen LogP contribution >= 0.6 is 11.6 Å². The van der Waals surface area contributed by atoms with Crippen LogP contribution in [0.4, 0.5) is 0 Å². The molecule has 0 aliphatic carbocycles. The summed E-state index contributed by atoms with van der Waals surface area (Å²) in [6.45, 7) is 2.03. The van der Waals surface area contributed by atoms with E-state index in [0.29, 0.717) is 24.5 Å². The molecule has 0 bridgehead atoms. The molecule has 0 saturated heterocycles. The van der Waals surface area contributed by atoms with Crippen LogP contribution in [0.15, 0.2) is 48.5 Å². The minimum Gasteiger partial charge on any atom is -0.481 e. The van der Waals surface area contributed by atoms with Gasteiger partial charge < -0.3 is 15.2 Å². The average Bonchev–Trinajstić information content (AvgIpc) is 2.68. The fourth-order valence-corrected chi connectivity index (χ4v) is 3.29. The number of rotatable bonds is 11. The van der Waals surface area contributed by atoms with Crippen LogP contribution in [0.3, 0.4) is 0 Å². The van der Waals surface area contributed by atoms with Crippen molar-refractivity contribution in [2.75, 3.05) is 6.61 Å². The van der Waals surface area contributed by atoms with Crippen LogP contribution in [0.1, 0.15) is 38.2 Å². The average molecular weight is 432 g/mol. The van der Waals surface area contributed by atoms with E-state index in [0.717, 1.165) is 16.7 Å². The number of hydrogen-bond donors (Lipinski definition) is 2. The lowest BCUT2D eigenvalue weighted by Gasteiger charge is -2.17. The highest BCUT2D eigenvalue weighted by molar-refractivity contribution is 6.30. The van der Waals surface area contributed by atoms with Crippen molar-refractivity contribution in [3.63, 3.8) is 0 Å². The van der Waals surface area contributed by atoms with Crippen molar-refractivity contribution >= 4 is 29.4 Å². The number of hydrogen-bond acceptors (Lipinski definition) is 4. The predicted octanol–water partition coefficient (Wildman–Crippen LogP) is 4.24. The van der Waals surface area contributed by atoms with Gasteiger partial charge in [0, 0.05) is 23.9 Å². The number of carboxylic acid groups (broad SMARTS) is 1. The fraction of sp³-hybridized carbons (Fsp3) is 0.348. The van der Waals surface area contributed by atoms with Crippen molar-refractivity contribution in [1.82, 2.24) is 5.32 Å². The topological polar surface area (TPSA) is 92.7 Å². The lowest BCUT2D eigenvalue weighted by molar-refractivity contribution is -0.143. The Labute approximate surface area is 181 Å². The Balaban J connectivity index is 1.94. The standard InChI is InChI=1S/C23H26ClNO5/c1-2-30-23(29)8-4-7-21(26)25-20(15-22(27)28)13-16-9-11-17(12-10-16)18-5-3-6-19(24)14-18/h3,5-6,9-12,14,20H,2,4,7-8,13,15H2,1H3,(H,25,26)(H,27,28). The Morgan fingerprint density at radius 1 is 1.07 bits per heavy atom. The fourth-order valence-electron chi connectivity index (χ4n) is 3.10. The molecule has 2 N–H and O–H groups in total. The van der Waals surface area contributed by atoms with Gasteiger partial charge in [0.2, 0.25) is 5.91 Å². The first-order valence-corrected chi connectivity index (χ1v) is 10.3. The zero-order chi connectivity index (χ0) is 21.9. The third kappa shape index (κ3) is 8.25. The molecular weight excluding hydrogens is 406 g/mol. The van der Waals surface area contributed by atoms with Crippen molar-refractivity contribution in [2.24, 2.45) is 0 Å². The molecular formula is C23H26ClNO5. The minimum absolute atomic E-state index is 0.142. The number of ether oxygens (including phenoxy) is 1. The molecule has 1 atom stereocenters. The molecule has 0 aromatic heterocycles. The molecule has 1 amide bonds. The van der Waals surface area contributed by atoms with E-state index >= 15 is 0 Å². The van der Waals surface area contributed by atoms with Crippen molar-refractivity contribution in [2.45, 2.75) is 45.1 Å². The molecule has 0 radical (unpaired) electrons. The first-order chi connectivity index (χ1) is 14.4. The number of nitrogens with one attached hydrogen (secondary N) is 1. The van der Waals surface area contributed by atoms with E-state index < -0.39 is 12.0 Å². The number of carbonyl (C=O) groups is 3. The zero-order valence-electron chi connectivity index (χ0n) is 16.9. The largest absolute Gasteiger partial charge is 0.481 e. The van der Waals surface area contributed by atoms with Gasteiger partial charge in [0.25, 0.3) is 0 Å². The van der Waals surface area contributed by atoms with Gasteiger partial charge in [-0.3, -0.25) is 14.4 Å². The maximum Gasteiger partial charge on any atom is 0.305 e. The van der Waals surface area contributed by atoms with Gasteiger partial charge in [-0.05, 0) is 48.6 Å². The van der Waals surface area contributed by atoms with E-state index in [9.17, 15) is 19.5 Å². The molecule has 7 heteroatoms. The van der Waals surface area contributed by atoms with Crippen molar-refractivity contribution in [3.05, 3.63) is 59.1 Å². The predicted molar refractivity (Wildman–Crippen MR) is 115 cm³/mol. The molecule has 0 fully saturated rings. The SMILES string of the molecule is CCOC(=O)CCCC(=O)NC(CC(=O)O)Cc1ccc(-c2cccc(Cl)c2)cc1. The van der Waals surface area contributed by atoms with Gasteiger partial charge in [-0.2, -0.15) is 0 Å². The van der Waals surface area contributed by atoms with E-state index in [1.165, 1.54) is 0 Å². The lowest BCUT2D eigenvalue weighted by Crippen LogP contribution is -2.38. The summed E-state index contributed by atoms with van der Waals surface area (Å²) in [5.41, 5.74) is 2.91.